The highest BCUT2D eigenvalue weighted by atomic mass is 32.2. The van der Waals surface area contributed by atoms with E-state index in [1.807, 2.05) is 5.32 Å². The number of piperidine rings is 1. The zero-order valence-corrected chi connectivity index (χ0v) is 16.4. The normalized spacial score (nSPS) is 27.6. The van der Waals surface area contributed by atoms with Crippen LogP contribution in [0.5, 0.6) is 0 Å². The molecule has 2 bridgehead atoms. The first-order chi connectivity index (χ1) is 13.6. The molecule has 2 heterocycles. The van der Waals surface area contributed by atoms with Crippen molar-refractivity contribution < 1.29 is 31.5 Å². The minimum atomic E-state index is -3.72. The van der Waals surface area contributed by atoms with Gasteiger partial charge < -0.3 is 21.5 Å². The third kappa shape index (κ3) is 4.84. The Morgan fingerprint density at radius 2 is 1.93 bits per heavy atom. The van der Waals surface area contributed by atoms with Gasteiger partial charge in [0.05, 0.1) is 11.0 Å². The zero-order valence-electron chi connectivity index (χ0n) is 15.6. The molecular weight excluding hydrogens is 411 g/mol. The van der Waals surface area contributed by atoms with Gasteiger partial charge >= 0.3 is 6.09 Å². The molecule has 162 valence electrons. The largest absolute Gasteiger partial charge is 0.465 e. The van der Waals surface area contributed by atoms with Gasteiger partial charge in [0.2, 0.25) is 0 Å². The minimum absolute atomic E-state index is 0.0921. The molecule has 1 amide bonds. The van der Waals surface area contributed by atoms with Crippen LogP contribution in [-0.4, -0.2) is 55.3 Å². The van der Waals surface area contributed by atoms with Crippen molar-refractivity contribution in [3.8, 4) is 0 Å². The smallest absolute Gasteiger partial charge is 0.404 e. The van der Waals surface area contributed by atoms with E-state index in [1.54, 1.807) is 0 Å². The maximum absolute atomic E-state index is 14.0. The van der Waals surface area contributed by atoms with Crippen molar-refractivity contribution in [2.45, 2.75) is 49.1 Å². The molecule has 0 radical (unpaired) electrons. The van der Waals surface area contributed by atoms with Gasteiger partial charge in [-0.3, -0.25) is 0 Å². The molecule has 0 aliphatic carbocycles. The predicted octanol–water partition coefficient (Wildman–Crippen LogP) is 1.17. The number of benzene rings is 1. The van der Waals surface area contributed by atoms with Gasteiger partial charge in [0.25, 0.3) is 0 Å². The number of hydrogen-bond donors (Lipinski definition) is 4. The topological polar surface area (TPSA) is 122 Å². The van der Waals surface area contributed by atoms with Crippen molar-refractivity contribution in [1.82, 2.24) is 10.6 Å². The number of halogens is 3. The van der Waals surface area contributed by atoms with Gasteiger partial charge in [-0.25, -0.2) is 26.4 Å². The molecule has 1 aromatic rings. The molecule has 2 fully saturated rings. The number of sulfone groups is 1. The standard InChI is InChI=1S/C18H24F3N3O4S/c19-12-8-14(21)13(20)5-9(12)6-15(22)11-7-10-1-2-16(24-10)17(11)29(27,28)4-3-23-18(25)26/h5,8,10-11,15-17,23-24H,1-4,6-7,22H2,(H,25,26)/t10?,11?,15-,16?,17?/m1/s1. The van der Waals surface area contributed by atoms with Crippen molar-refractivity contribution in [3.05, 3.63) is 35.1 Å². The molecule has 2 aliphatic heterocycles. The van der Waals surface area contributed by atoms with Crippen LogP contribution in [0, 0.1) is 23.4 Å². The molecule has 0 aromatic heterocycles. The highest BCUT2D eigenvalue weighted by molar-refractivity contribution is 7.92. The summed E-state index contributed by atoms with van der Waals surface area (Å²) in [7, 11) is -3.72. The van der Waals surface area contributed by atoms with Gasteiger partial charge in [-0.05, 0) is 43.2 Å². The summed E-state index contributed by atoms with van der Waals surface area (Å²) in [5.41, 5.74) is 6.16. The number of carbonyl (C=O) groups is 1. The maximum Gasteiger partial charge on any atom is 0.404 e. The summed E-state index contributed by atoms with van der Waals surface area (Å²) in [5.74, 6) is -4.32. The Morgan fingerprint density at radius 3 is 2.62 bits per heavy atom. The number of hydrogen-bond acceptors (Lipinski definition) is 5. The second-order valence-electron chi connectivity index (χ2n) is 7.74. The minimum Gasteiger partial charge on any atom is -0.465 e. The van der Waals surface area contributed by atoms with Crippen LogP contribution in [0.4, 0.5) is 18.0 Å². The lowest BCUT2D eigenvalue weighted by molar-refractivity contribution is 0.195. The third-order valence-electron chi connectivity index (χ3n) is 5.82. The van der Waals surface area contributed by atoms with Gasteiger partial charge in [-0.15, -0.1) is 0 Å². The first-order valence-corrected chi connectivity index (χ1v) is 11.1. The molecule has 0 spiro atoms. The lowest BCUT2D eigenvalue weighted by Crippen LogP contribution is -2.58. The molecule has 5 atom stereocenters. The van der Waals surface area contributed by atoms with Gasteiger partial charge in [0, 0.05) is 30.7 Å². The Bertz CT molecular complexity index is 883. The Balaban J connectivity index is 1.81. The van der Waals surface area contributed by atoms with Crippen LogP contribution in [0.3, 0.4) is 0 Å². The molecule has 4 unspecified atom stereocenters. The van der Waals surface area contributed by atoms with Gasteiger partial charge in [-0.2, -0.15) is 0 Å². The van der Waals surface area contributed by atoms with E-state index in [0.29, 0.717) is 18.9 Å². The molecule has 1 aromatic carbocycles. The third-order valence-corrected chi connectivity index (χ3v) is 8.10. The SMILES string of the molecule is N[C@H](Cc1cc(F)c(F)cc1F)C1CC2CCC(N2)C1S(=O)(=O)CCNC(=O)O. The monoisotopic (exact) mass is 435 g/mol. The summed E-state index contributed by atoms with van der Waals surface area (Å²) in [4.78, 5) is 10.6. The van der Waals surface area contributed by atoms with Crippen LogP contribution in [0.1, 0.15) is 24.8 Å². The van der Waals surface area contributed by atoms with Crippen LogP contribution >= 0.6 is 0 Å². The number of rotatable bonds is 7. The van der Waals surface area contributed by atoms with E-state index in [0.717, 1.165) is 12.5 Å². The summed E-state index contributed by atoms with van der Waals surface area (Å²) >= 11 is 0. The van der Waals surface area contributed by atoms with Crippen LogP contribution < -0.4 is 16.4 Å². The van der Waals surface area contributed by atoms with E-state index >= 15 is 0 Å². The van der Waals surface area contributed by atoms with E-state index in [4.69, 9.17) is 10.8 Å². The highest BCUT2D eigenvalue weighted by Crippen LogP contribution is 2.37. The molecule has 11 heteroatoms. The predicted molar refractivity (Wildman–Crippen MR) is 99.7 cm³/mol. The molecular formula is C18H24F3N3O4S. The molecule has 5 N–H and O–H groups in total. The second-order valence-corrected chi connectivity index (χ2v) is 10.0. The fraction of sp³-hybridized carbons (Fsp3) is 0.611. The quantitative estimate of drug-likeness (QED) is 0.477. The Kier molecular flexibility index (Phi) is 6.39. The first-order valence-electron chi connectivity index (χ1n) is 9.42. The van der Waals surface area contributed by atoms with E-state index in [-0.39, 0.29) is 36.4 Å². The van der Waals surface area contributed by atoms with Crippen LogP contribution in [-0.2, 0) is 16.3 Å². The van der Waals surface area contributed by atoms with Gasteiger partial charge in [-0.1, -0.05) is 0 Å². The van der Waals surface area contributed by atoms with Crippen molar-refractivity contribution in [2.24, 2.45) is 11.7 Å². The summed E-state index contributed by atoms with van der Waals surface area (Å²) in [6.07, 6.45) is 0.437. The van der Waals surface area contributed by atoms with Crippen molar-refractivity contribution in [1.29, 1.82) is 0 Å². The average molecular weight is 435 g/mol. The van der Waals surface area contributed by atoms with E-state index in [1.165, 1.54) is 0 Å². The van der Waals surface area contributed by atoms with Crippen molar-refractivity contribution in [2.75, 3.05) is 12.3 Å². The lowest BCUT2D eigenvalue weighted by Gasteiger charge is -2.40. The number of fused-ring (bicyclic) bond motifs is 2. The fourth-order valence-electron chi connectivity index (χ4n) is 4.55. The molecule has 2 saturated heterocycles. The maximum atomic E-state index is 14.0. The molecule has 29 heavy (non-hydrogen) atoms. The summed E-state index contributed by atoms with van der Waals surface area (Å²) < 4.78 is 66.7. The zero-order chi connectivity index (χ0) is 21.3. The van der Waals surface area contributed by atoms with E-state index < -0.39 is 50.6 Å². The number of nitrogens with one attached hydrogen (secondary N) is 2. The Morgan fingerprint density at radius 1 is 1.24 bits per heavy atom. The van der Waals surface area contributed by atoms with Crippen molar-refractivity contribution in [3.63, 3.8) is 0 Å². The molecule has 7 nitrogen and oxygen atoms in total. The number of nitrogens with two attached hydrogens (primary N) is 1. The van der Waals surface area contributed by atoms with Crippen LogP contribution in [0.15, 0.2) is 12.1 Å². The highest BCUT2D eigenvalue weighted by Gasteiger charge is 2.49. The summed E-state index contributed by atoms with van der Waals surface area (Å²) in [6.45, 7) is -0.246. The van der Waals surface area contributed by atoms with Crippen LogP contribution in [0.25, 0.3) is 0 Å². The lowest BCUT2D eigenvalue weighted by atomic mass is 9.83. The molecule has 0 saturated carbocycles. The molecule has 2 aliphatic rings. The van der Waals surface area contributed by atoms with E-state index in [2.05, 4.69) is 5.32 Å². The second kappa shape index (κ2) is 8.49. The average Bonchev–Trinajstić information content (AvgIpc) is 2.98. The first kappa shape index (κ1) is 21.8. The summed E-state index contributed by atoms with van der Waals surface area (Å²) in [5, 5.41) is 13.1. The fourth-order valence-corrected chi connectivity index (χ4v) is 6.77. The van der Waals surface area contributed by atoms with Crippen molar-refractivity contribution >= 4 is 15.9 Å². The van der Waals surface area contributed by atoms with E-state index in [9.17, 15) is 26.4 Å². The summed E-state index contributed by atoms with van der Waals surface area (Å²) in [6, 6.07) is 0.186. The Labute approximate surface area is 166 Å². The molecule has 3 rings (SSSR count). The van der Waals surface area contributed by atoms with Gasteiger partial charge in [0.1, 0.15) is 5.82 Å². The van der Waals surface area contributed by atoms with Crippen LogP contribution in [0.2, 0.25) is 0 Å². The number of carboxylic acid groups (broad SMARTS) is 1. The Hall–Kier alpha value is -1.85. The number of amides is 1. The van der Waals surface area contributed by atoms with Gasteiger partial charge in [0.15, 0.2) is 21.5 Å².